The van der Waals surface area contributed by atoms with Gasteiger partial charge < -0.3 is 20.5 Å². The lowest BCUT2D eigenvalue weighted by atomic mass is 9.98. The molecule has 2 amide bonds. The van der Waals surface area contributed by atoms with Gasteiger partial charge in [0.2, 0.25) is 0 Å². The molecular formula is C22H26N2O5S. The number of nitrogens with one attached hydrogen (secondary N) is 1. The van der Waals surface area contributed by atoms with E-state index in [1.807, 2.05) is 25.1 Å². The summed E-state index contributed by atoms with van der Waals surface area (Å²) in [5, 5.41) is 3.06. The highest BCUT2D eigenvalue weighted by Crippen LogP contribution is 2.38. The number of thiophene rings is 1. The molecule has 0 fully saturated rings. The molecule has 0 atom stereocenters. The standard InChI is InChI=1S/C22H26N2O5S/c1-12(2)15-8-7-14(9-13(15)3)28-11-19(26)29-10-18(25)24-22-20(21(23)27)16-5-4-6-17(16)30-22/h7-9,12H,4-6,10-11H2,1-3H3,(H2,23,27)(H,24,25). The van der Waals surface area contributed by atoms with E-state index in [-0.39, 0.29) is 6.61 Å². The molecule has 3 N–H and O–H groups in total. The van der Waals surface area contributed by atoms with Crippen molar-refractivity contribution < 1.29 is 23.9 Å². The predicted octanol–water partition coefficient (Wildman–Crippen LogP) is 3.33. The number of aryl methyl sites for hydroxylation is 2. The summed E-state index contributed by atoms with van der Waals surface area (Å²) in [4.78, 5) is 36.9. The third kappa shape index (κ3) is 4.99. The van der Waals surface area contributed by atoms with E-state index in [1.54, 1.807) is 0 Å². The molecule has 1 aromatic heterocycles. The summed E-state index contributed by atoms with van der Waals surface area (Å²) in [6.45, 7) is 5.45. The number of carbonyl (C=O) groups is 3. The van der Waals surface area contributed by atoms with Gasteiger partial charge in [0.25, 0.3) is 11.8 Å². The molecule has 0 saturated carbocycles. The van der Waals surface area contributed by atoms with Crippen molar-refractivity contribution in [3.63, 3.8) is 0 Å². The van der Waals surface area contributed by atoms with Crippen LogP contribution in [0.3, 0.4) is 0 Å². The zero-order valence-electron chi connectivity index (χ0n) is 17.4. The van der Waals surface area contributed by atoms with Gasteiger partial charge in [-0.15, -0.1) is 11.3 Å². The van der Waals surface area contributed by atoms with Gasteiger partial charge in [0, 0.05) is 4.88 Å². The second-order valence-electron chi connectivity index (χ2n) is 7.60. The molecule has 1 aliphatic rings. The Bertz CT molecular complexity index is 980. The average molecular weight is 431 g/mol. The van der Waals surface area contributed by atoms with Crippen LogP contribution in [0.1, 0.15) is 58.1 Å². The lowest BCUT2D eigenvalue weighted by Gasteiger charge is -2.12. The SMILES string of the molecule is Cc1cc(OCC(=O)OCC(=O)Nc2sc3c(c2C(N)=O)CCC3)ccc1C(C)C. The van der Waals surface area contributed by atoms with Crippen LogP contribution in [0.15, 0.2) is 18.2 Å². The van der Waals surface area contributed by atoms with Crippen LogP contribution in [-0.2, 0) is 27.2 Å². The van der Waals surface area contributed by atoms with Crippen molar-refractivity contribution in [1.82, 2.24) is 0 Å². The van der Waals surface area contributed by atoms with E-state index >= 15 is 0 Å². The molecule has 8 heteroatoms. The van der Waals surface area contributed by atoms with Gasteiger partial charge in [0.05, 0.1) is 5.56 Å². The van der Waals surface area contributed by atoms with E-state index in [2.05, 4.69) is 19.2 Å². The first-order chi connectivity index (χ1) is 14.3. The van der Waals surface area contributed by atoms with Gasteiger partial charge in [-0.05, 0) is 60.9 Å². The number of hydrogen-bond acceptors (Lipinski definition) is 6. The molecule has 1 aromatic carbocycles. The smallest absolute Gasteiger partial charge is 0.344 e. The number of hydrogen-bond donors (Lipinski definition) is 2. The van der Waals surface area contributed by atoms with Crippen molar-refractivity contribution in [3.05, 3.63) is 45.3 Å². The summed E-state index contributed by atoms with van der Waals surface area (Å²) in [7, 11) is 0. The summed E-state index contributed by atoms with van der Waals surface area (Å²) < 4.78 is 10.4. The summed E-state index contributed by atoms with van der Waals surface area (Å²) in [6, 6.07) is 5.66. The lowest BCUT2D eigenvalue weighted by molar-refractivity contribution is -0.149. The van der Waals surface area contributed by atoms with Crippen molar-refractivity contribution in [2.45, 2.75) is 46.0 Å². The topological polar surface area (TPSA) is 108 Å². The van der Waals surface area contributed by atoms with Crippen LogP contribution in [0, 0.1) is 6.92 Å². The second kappa shape index (κ2) is 9.30. The highest BCUT2D eigenvalue weighted by atomic mass is 32.1. The Morgan fingerprint density at radius 2 is 1.97 bits per heavy atom. The fraction of sp³-hybridized carbons (Fsp3) is 0.409. The first-order valence-corrected chi connectivity index (χ1v) is 10.7. The van der Waals surface area contributed by atoms with Gasteiger partial charge in [-0.1, -0.05) is 19.9 Å². The Hall–Kier alpha value is -2.87. The molecule has 3 rings (SSSR count). The van der Waals surface area contributed by atoms with Gasteiger partial charge in [-0.2, -0.15) is 0 Å². The Balaban J connectivity index is 1.49. The van der Waals surface area contributed by atoms with E-state index in [4.69, 9.17) is 15.2 Å². The largest absolute Gasteiger partial charge is 0.482 e. The summed E-state index contributed by atoms with van der Waals surface area (Å²) >= 11 is 1.35. The first-order valence-electron chi connectivity index (χ1n) is 9.89. The monoisotopic (exact) mass is 430 g/mol. The zero-order valence-corrected chi connectivity index (χ0v) is 18.2. The Morgan fingerprint density at radius 3 is 2.63 bits per heavy atom. The van der Waals surface area contributed by atoms with Crippen LogP contribution in [-0.4, -0.2) is 31.0 Å². The van der Waals surface area contributed by atoms with Crippen molar-refractivity contribution in [3.8, 4) is 5.75 Å². The minimum atomic E-state index is -0.653. The number of rotatable bonds is 8. The van der Waals surface area contributed by atoms with Gasteiger partial charge in [0.15, 0.2) is 13.2 Å². The molecule has 0 spiro atoms. The van der Waals surface area contributed by atoms with Crippen LogP contribution in [0.2, 0.25) is 0 Å². The number of esters is 1. The molecule has 2 aromatic rings. The first kappa shape index (κ1) is 21.8. The zero-order chi connectivity index (χ0) is 21.8. The molecular weight excluding hydrogens is 404 g/mol. The van der Waals surface area contributed by atoms with E-state index in [9.17, 15) is 14.4 Å². The van der Waals surface area contributed by atoms with Crippen LogP contribution in [0.4, 0.5) is 5.00 Å². The van der Waals surface area contributed by atoms with Crippen LogP contribution < -0.4 is 15.8 Å². The molecule has 30 heavy (non-hydrogen) atoms. The molecule has 0 saturated heterocycles. The maximum Gasteiger partial charge on any atom is 0.344 e. The molecule has 1 aliphatic carbocycles. The van der Waals surface area contributed by atoms with Crippen LogP contribution >= 0.6 is 11.3 Å². The normalized spacial score (nSPS) is 12.5. The second-order valence-corrected chi connectivity index (χ2v) is 8.70. The number of nitrogens with two attached hydrogens (primary N) is 1. The maximum absolute atomic E-state index is 12.2. The van der Waals surface area contributed by atoms with Gasteiger partial charge in [0.1, 0.15) is 10.8 Å². The van der Waals surface area contributed by atoms with Gasteiger partial charge in [-0.25, -0.2) is 4.79 Å². The molecule has 0 radical (unpaired) electrons. The molecule has 7 nitrogen and oxygen atoms in total. The predicted molar refractivity (Wildman–Crippen MR) is 115 cm³/mol. The highest BCUT2D eigenvalue weighted by Gasteiger charge is 2.26. The number of fused-ring (bicyclic) bond motifs is 1. The highest BCUT2D eigenvalue weighted by molar-refractivity contribution is 7.17. The van der Waals surface area contributed by atoms with Crippen LogP contribution in [0.5, 0.6) is 5.75 Å². The number of carbonyl (C=O) groups excluding carboxylic acids is 3. The summed E-state index contributed by atoms with van der Waals surface area (Å²) in [6.07, 6.45) is 2.64. The van der Waals surface area contributed by atoms with Crippen molar-refractivity contribution in [2.75, 3.05) is 18.5 Å². The Labute approximate surface area is 179 Å². The number of primary amides is 1. The average Bonchev–Trinajstić information content (AvgIpc) is 3.24. The summed E-state index contributed by atoms with van der Waals surface area (Å²) in [5.74, 6) is -0.768. The van der Waals surface area contributed by atoms with E-state index in [0.29, 0.717) is 22.2 Å². The van der Waals surface area contributed by atoms with Crippen molar-refractivity contribution in [1.29, 1.82) is 0 Å². The lowest BCUT2D eigenvalue weighted by Crippen LogP contribution is -2.24. The molecule has 1 heterocycles. The molecule has 0 aliphatic heterocycles. The van der Waals surface area contributed by atoms with E-state index < -0.39 is 24.4 Å². The third-order valence-electron chi connectivity index (χ3n) is 5.00. The van der Waals surface area contributed by atoms with Crippen molar-refractivity contribution >= 4 is 34.1 Å². The van der Waals surface area contributed by atoms with Crippen LogP contribution in [0.25, 0.3) is 0 Å². The molecule has 160 valence electrons. The molecule has 0 bridgehead atoms. The summed E-state index contributed by atoms with van der Waals surface area (Å²) in [5.41, 5.74) is 9.08. The number of anilines is 1. The maximum atomic E-state index is 12.2. The number of amides is 2. The quantitative estimate of drug-likeness (QED) is 0.625. The fourth-order valence-corrected chi connectivity index (χ4v) is 4.94. The minimum absolute atomic E-state index is 0.298. The third-order valence-corrected chi connectivity index (χ3v) is 6.21. The van der Waals surface area contributed by atoms with E-state index in [1.165, 1.54) is 16.9 Å². The Kier molecular flexibility index (Phi) is 6.77. The molecule has 0 unspecified atom stereocenters. The van der Waals surface area contributed by atoms with Gasteiger partial charge in [-0.3, -0.25) is 9.59 Å². The Morgan fingerprint density at radius 1 is 1.20 bits per heavy atom. The van der Waals surface area contributed by atoms with Gasteiger partial charge >= 0.3 is 5.97 Å². The fourth-order valence-electron chi connectivity index (χ4n) is 3.63. The minimum Gasteiger partial charge on any atom is -0.482 e. The number of benzene rings is 1. The number of ether oxygens (including phenoxy) is 2. The van der Waals surface area contributed by atoms with Crippen molar-refractivity contribution in [2.24, 2.45) is 5.73 Å². The van der Waals surface area contributed by atoms with E-state index in [0.717, 1.165) is 35.3 Å².